The molecule has 1 saturated carbocycles. The van der Waals surface area contributed by atoms with Crippen LogP contribution in [0.3, 0.4) is 0 Å². The fourth-order valence-corrected chi connectivity index (χ4v) is 12.5. The van der Waals surface area contributed by atoms with Crippen LogP contribution in [0.25, 0.3) is 32.9 Å². The number of fused-ring (bicyclic) bond motifs is 4. The Balaban J connectivity index is 0.691. The fourth-order valence-electron chi connectivity index (χ4n) is 12.3. The molecule has 5 aromatic rings. The number of carbonyl (C=O) groups is 3. The Bertz CT molecular complexity index is 2950. The first-order valence-electron chi connectivity index (χ1n) is 25.3. The van der Waals surface area contributed by atoms with Gasteiger partial charge in [-0.15, -0.1) is 6.42 Å². The van der Waals surface area contributed by atoms with Gasteiger partial charge in [-0.25, -0.2) is 13.6 Å². The third-order valence-electron chi connectivity index (χ3n) is 16.4. The molecule has 1 aliphatic carbocycles. The van der Waals surface area contributed by atoms with E-state index in [9.17, 15) is 19.5 Å². The van der Waals surface area contributed by atoms with Crippen molar-refractivity contribution in [2.75, 3.05) is 68.8 Å². The van der Waals surface area contributed by atoms with Crippen molar-refractivity contribution in [1.82, 2.24) is 35.4 Å². The van der Waals surface area contributed by atoms with Crippen LogP contribution in [0.1, 0.15) is 93.0 Å². The number of phenols is 1. The van der Waals surface area contributed by atoms with E-state index in [1.807, 2.05) is 4.90 Å². The number of halogens is 3. The number of ether oxygens (including phenoxy) is 1. The van der Waals surface area contributed by atoms with Gasteiger partial charge in [0, 0.05) is 73.9 Å². The van der Waals surface area contributed by atoms with Crippen LogP contribution in [0.2, 0.25) is 5.02 Å². The summed E-state index contributed by atoms with van der Waals surface area (Å²) < 4.78 is 38.5. The van der Waals surface area contributed by atoms with Crippen molar-refractivity contribution in [3.8, 4) is 35.4 Å². The molecule has 17 heteroatoms. The number of amides is 4. The minimum atomic E-state index is -0.731. The number of urea groups is 1. The highest BCUT2D eigenvalue weighted by molar-refractivity contribution is 6.34. The molecular weight excluding hydrogens is 928 g/mol. The molecule has 4 amide bonds. The molecule has 2 bridgehead atoms. The molecule has 5 aliphatic heterocycles. The largest absolute Gasteiger partial charge is 0.508 e. The van der Waals surface area contributed by atoms with Gasteiger partial charge in [-0.1, -0.05) is 23.6 Å². The molecule has 3 aromatic carbocycles. The normalized spacial score (nSPS) is 22.1. The molecule has 3 N–H and O–H groups in total. The van der Waals surface area contributed by atoms with Gasteiger partial charge in [0.2, 0.25) is 5.91 Å². The molecule has 6 aliphatic rings. The number of terminal acetylenes is 1. The summed E-state index contributed by atoms with van der Waals surface area (Å²) in [5.41, 5.74) is 1.25. The molecule has 2 atom stereocenters. The number of carbonyl (C=O) groups excluding carboxylic acids is 3. The van der Waals surface area contributed by atoms with Gasteiger partial charge in [-0.2, -0.15) is 9.97 Å². The van der Waals surface area contributed by atoms with Crippen LogP contribution < -0.4 is 25.2 Å². The van der Waals surface area contributed by atoms with E-state index in [4.69, 9.17) is 27.7 Å². The second kappa shape index (κ2) is 19.5. The third kappa shape index (κ3) is 9.44. The number of piperazine rings is 1. The Morgan fingerprint density at radius 3 is 2.41 bits per heavy atom. The summed E-state index contributed by atoms with van der Waals surface area (Å²) in [4.78, 5) is 60.1. The SMILES string of the molecule is C#Cc1c(F)ccc2cc(O)cc(-c3ncc4c(N5CC6CCC(C5)N6)nc(OCC5CCN(CCC6CCC7(CC6)CCN(C(=O)c6ccc(Cl)c(N8CCC(=O)NC8=O)c6)CC7)CC5)nc4c3F)c12. The van der Waals surface area contributed by atoms with E-state index >= 15 is 8.78 Å². The monoisotopic (exact) mass is 985 g/mol. The number of phenolic OH excluding ortho intramolecular Hbond substituents is 1. The number of imide groups is 1. The highest BCUT2D eigenvalue weighted by atomic mass is 35.5. The quantitative estimate of drug-likeness (QED) is 0.116. The first-order chi connectivity index (χ1) is 34.4. The number of piperidine rings is 2. The zero-order valence-corrected chi connectivity index (χ0v) is 40.5. The zero-order chi connectivity index (χ0) is 49.0. The Morgan fingerprint density at radius 1 is 0.915 bits per heavy atom. The van der Waals surface area contributed by atoms with Gasteiger partial charge in [-0.3, -0.25) is 24.8 Å². The average Bonchev–Trinajstić information content (AvgIpc) is 3.72. The second-order valence-electron chi connectivity index (χ2n) is 20.8. The number of anilines is 2. The van der Waals surface area contributed by atoms with Gasteiger partial charge in [0.05, 0.1) is 28.3 Å². The smallest absolute Gasteiger partial charge is 0.328 e. The van der Waals surface area contributed by atoms with Crippen molar-refractivity contribution >= 4 is 62.6 Å². The van der Waals surface area contributed by atoms with Crippen molar-refractivity contribution in [3.05, 3.63) is 76.4 Å². The number of nitrogens with zero attached hydrogens (tertiary/aromatic N) is 7. The lowest BCUT2D eigenvalue weighted by Gasteiger charge is -2.46. The summed E-state index contributed by atoms with van der Waals surface area (Å²) in [5.74, 6) is 2.07. The first-order valence-corrected chi connectivity index (χ1v) is 25.6. The Kier molecular flexibility index (Phi) is 12.9. The lowest BCUT2D eigenvalue weighted by Crippen LogP contribution is -2.51. The van der Waals surface area contributed by atoms with Crippen LogP contribution in [0, 0.1) is 41.2 Å². The first kappa shape index (κ1) is 47.2. The predicted octanol–water partition coefficient (Wildman–Crippen LogP) is 8.44. The van der Waals surface area contributed by atoms with E-state index in [1.165, 1.54) is 61.3 Å². The fraction of sp³-hybridized carbons (Fsp3) is 0.481. The lowest BCUT2D eigenvalue weighted by atomic mass is 9.65. The number of hydrogen-bond donors (Lipinski definition) is 3. The van der Waals surface area contributed by atoms with Crippen molar-refractivity contribution in [2.45, 2.75) is 89.1 Å². The lowest BCUT2D eigenvalue weighted by molar-refractivity contribution is -0.120. The van der Waals surface area contributed by atoms with Crippen LogP contribution >= 0.6 is 11.6 Å². The standard InChI is InChI=1S/C54H58ClF2N9O5/c1-2-39-43(56)8-4-34-25-38(67)27-40(46(34)39)48-47(57)49-41(28-58-48)50(65-29-36-5-6-37(30-65)59-36)62-52(61-49)71-31-33-12-20-63(21-13-33)19-11-32-9-15-54(16-10-32)17-23-64(24-18-54)51(69)35-3-7-42(55)44(26-35)66-22-14-45(68)60-53(66)70/h1,3-4,7-8,25-28,32-33,36-37,59,67H,5-6,9-24,29-31H2,(H,60,68,70). The van der Waals surface area contributed by atoms with Gasteiger partial charge in [-0.05, 0) is 149 Å². The van der Waals surface area contributed by atoms with Crippen LogP contribution in [-0.2, 0) is 4.79 Å². The average molecular weight is 987 g/mol. The number of nitrogens with one attached hydrogen (secondary N) is 2. The second-order valence-corrected chi connectivity index (χ2v) is 21.2. The Labute approximate surface area is 416 Å². The van der Waals surface area contributed by atoms with Crippen LogP contribution in [-0.4, -0.2) is 119 Å². The molecule has 6 fully saturated rings. The Hall–Kier alpha value is -6.15. The minimum Gasteiger partial charge on any atom is -0.508 e. The highest BCUT2D eigenvalue weighted by Crippen LogP contribution is 2.48. The molecule has 370 valence electrons. The summed E-state index contributed by atoms with van der Waals surface area (Å²) >= 11 is 6.45. The van der Waals surface area contributed by atoms with Crippen molar-refractivity contribution in [1.29, 1.82) is 0 Å². The summed E-state index contributed by atoms with van der Waals surface area (Å²) in [7, 11) is 0. The molecule has 7 heterocycles. The minimum absolute atomic E-state index is 0.0382. The van der Waals surface area contributed by atoms with E-state index in [0.29, 0.717) is 83.7 Å². The molecule has 71 heavy (non-hydrogen) atoms. The zero-order valence-electron chi connectivity index (χ0n) is 39.7. The maximum Gasteiger partial charge on any atom is 0.328 e. The molecule has 0 radical (unpaired) electrons. The van der Waals surface area contributed by atoms with Crippen LogP contribution in [0.15, 0.2) is 48.7 Å². The van der Waals surface area contributed by atoms with Gasteiger partial charge in [0.1, 0.15) is 28.6 Å². The number of aromatic hydroxyl groups is 1. The van der Waals surface area contributed by atoms with E-state index in [2.05, 4.69) is 36.3 Å². The maximum absolute atomic E-state index is 17.1. The van der Waals surface area contributed by atoms with E-state index in [-0.39, 0.29) is 75.6 Å². The third-order valence-corrected chi connectivity index (χ3v) is 16.8. The molecule has 2 aromatic heterocycles. The molecule has 2 unspecified atom stereocenters. The molecule has 5 saturated heterocycles. The number of aromatic nitrogens is 3. The molecular formula is C54H58ClF2N9O5. The number of likely N-dealkylation sites (tertiary alicyclic amines) is 2. The molecule has 11 rings (SSSR count). The van der Waals surface area contributed by atoms with E-state index in [0.717, 1.165) is 58.2 Å². The molecule has 1 spiro atoms. The van der Waals surface area contributed by atoms with E-state index < -0.39 is 17.7 Å². The topological polar surface area (TPSA) is 156 Å². The van der Waals surface area contributed by atoms with Gasteiger partial charge < -0.3 is 29.9 Å². The Morgan fingerprint density at radius 2 is 1.68 bits per heavy atom. The van der Waals surface area contributed by atoms with Crippen LogP contribution in [0.5, 0.6) is 11.8 Å². The summed E-state index contributed by atoms with van der Waals surface area (Å²) in [6, 6.07) is 10.7. The maximum atomic E-state index is 17.1. The summed E-state index contributed by atoms with van der Waals surface area (Å²) in [6.45, 7) is 6.45. The van der Waals surface area contributed by atoms with Crippen molar-refractivity contribution < 1.29 is 33.0 Å². The number of benzene rings is 3. The molecule has 14 nitrogen and oxygen atoms in total. The van der Waals surface area contributed by atoms with Crippen molar-refractivity contribution in [2.24, 2.45) is 17.3 Å². The van der Waals surface area contributed by atoms with Gasteiger partial charge in [0.15, 0.2) is 5.82 Å². The van der Waals surface area contributed by atoms with Gasteiger partial charge in [0.25, 0.3) is 5.91 Å². The van der Waals surface area contributed by atoms with Crippen molar-refractivity contribution in [3.63, 3.8) is 0 Å². The number of hydrogen-bond acceptors (Lipinski definition) is 11. The number of pyridine rings is 1. The predicted molar refractivity (Wildman–Crippen MR) is 268 cm³/mol. The summed E-state index contributed by atoms with van der Waals surface area (Å²) in [5, 5.41) is 18.2. The highest BCUT2D eigenvalue weighted by Gasteiger charge is 2.40. The summed E-state index contributed by atoms with van der Waals surface area (Å²) in [6.07, 6.45) is 19.5. The van der Waals surface area contributed by atoms with Gasteiger partial charge >= 0.3 is 12.0 Å². The van der Waals surface area contributed by atoms with E-state index in [1.54, 1.807) is 24.4 Å². The van der Waals surface area contributed by atoms with Crippen LogP contribution in [0.4, 0.5) is 25.1 Å². The number of rotatable bonds is 10.